The molecule has 0 bridgehead atoms. The second kappa shape index (κ2) is 8.88. The number of carbonyl (C=O) groups is 2. The molecule has 8 heteroatoms. The van der Waals surface area contributed by atoms with Crippen molar-refractivity contribution in [3.05, 3.63) is 64.7 Å². The highest BCUT2D eigenvalue weighted by Gasteiger charge is 2.13. The van der Waals surface area contributed by atoms with Crippen molar-refractivity contribution in [3.63, 3.8) is 0 Å². The molecule has 0 heterocycles. The van der Waals surface area contributed by atoms with Crippen molar-refractivity contribution >= 4 is 27.5 Å². The van der Waals surface area contributed by atoms with E-state index in [4.69, 9.17) is 0 Å². The fraction of sp³-hybridized carbons (Fsp3) is 0.300. The van der Waals surface area contributed by atoms with E-state index in [1.807, 2.05) is 19.9 Å². The van der Waals surface area contributed by atoms with Gasteiger partial charge in [-0.25, -0.2) is 8.42 Å². The molecule has 0 saturated heterocycles. The number of carbonyl (C=O) groups excluding carboxylic acids is 2. The third kappa shape index (κ3) is 6.70. The van der Waals surface area contributed by atoms with E-state index in [1.165, 1.54) is 0 Å². The maximum Gasteiger partial charge on any atom is 0.251 e. The van der Waals surface area contributed by atoms with Gasteiger partial charge >= 0.3 is 0 Å². The lowest BCUT2D eigenvalue weighted by atomic mass is 10.1. The number of amides is 2. The molecule has 0 aromatic heterocycles. The van der Waals surface area contributed by atoms with Gasteiger partial charge in [0, 0.05) is 11.3 Å². The molecule has 1 atom stereocenters. The minimum Gasteiger partial charge on any atom is -0.348 e. The first-order valence-corrected chi connectivity index (χ1v) is 10.7. The van der Waals surface area contributed by atoms with Gasteiger partial charge in [0.05, 0.1) is 18.8 Å². The molecule has 7 nitrogen and oxygen atoms in total. The summed E-state index contributed by atoms with van der Waals surface area (Å²) in [5.41, 5.74) is 3.63. The van der Waals surface area contributed by atoms with Crippen LogP contribution in [0.15, 0.2) is 42.5 Å². The first-order chi connectivity index (χ1) is 13.0. The molecule has 3 N–H and O–H groups in total. The van der Waals surface area contributed by atoms with Crippen LogP contribution < -0.4 is 15.4 Å². The highest BCUT2D eigenvalue weighted by Crippen LogP contribution is 2.18. The normalized spacial score (nSPS) is 12.1. The van der Waals surface area contributed by atoms with Crippen LogP contribution in [0.4, 0.5) is 5.69 Å². The molecule has 28 heavy (non-hydrogen) atoms. The molecule has 0 aliphatic carbocycles. The minimum atomic E-state index is -3.38. The number of aryl methyl sites for hydroxylation is 2. The van der Waals surface area contributed by atoms with Crippen molar-refractivity contribution in [1.29, 1.82) is 0 Å². The summed E-state index contributed by atoms with van der Waals surface area (Å²) in [5, 5.41) is 5.39. The lowest BCUT2D eigenvalue weighted by Gasteiger charge is -2.16. The van der Waals surface area contributed by atoms with Crippen molar-refractivity contribution in [2.75, 3.05) is 17.5 Å². The Hall–Kier alpha value is -2.87. The van der Waals surface area contributed by atoms with Crippen molar-refractivity contribution < 1.29 is 18.0 Å². The molecule has 0 spiro atoms. The minimum absolute atomic E-state index is 0.155. The quantitative estimate of drug-likeness (QED) is 0.660. The molecule has 2 aromatic rings. The van der Waals surface area contributed by atoms with Gasteiger partial charge in [-0.15, -0.1) is 0 Å². The Balaban J connectivity index is 1.93. The second-order valence-electron chi connectivity index (χ2n) is 6.85. The van der Waals surface area contributed by atoms with Gasteiger partial charge in [-0.1, -0.05) is 29.3 Å². The topological polar surface area (TPSA) is 104 Å². The molecule has 0 radical (unpaired) electrons. The van der Waals surface area contributed by atoms with Crippen LogP contribution in [0, 0.1) is 13.8 Å². The average molecular weight is 404 g/mol. The van der Waals surface area contributed by atoms with Crippen LogP contribution in [0.25, 0.3) is 0 Å². The first kappa shape index (κ1) is 21.4. The Labute approximate surface area is 165 Å². The molecule has 2 aromatic carbocycles. The molecular formula is C20H25N3O4S. The molecule has 2 rings (SSSR count). The summed E-state index contributed by atoms with van der Waals surface area (Å²) in [6.45, 7) is 5.44. The maximum absolute atomic E-state index is 12.2. The Bertz CT molecular complexity index is 966. The molecule has 2 amide bonds. The van der Waals surface area contributed by atoms with Gasteiger partial charge in [0.2, 0.25) is 15.9 Å². The maximum atomic E-state index is 12.2. The van der Waals surface area contributed by atoms with Crippen LogP contribution in [0.3, 0.4) is 0 Å². The van der Waals surface area contributed by atoms with E-state index in [2.05, 4.69) is 15.4 Å². The average Bonchev–Trinajstić information content (AvgIpc) is 2.57. The molecule has 0 unspecified atom stereocenters. The van der Waals surface area contributed by atoms with Crippen molar-refractivity contribution in [1.82, 2.24) is 10.6 Å². The molecule has 0 fully saturated rings. The number of rotatable bonds is 7. The molecular weight excluding hydrogens is 378 g/mol. The lowest BCUT2D eigenvalue weighted by Crippen LogP contribution is -2.38. The van der Waals surface area contributed by atoms with E-state index in [0.29, 0.717) is 11.3 Å². The first-order valence-electron chi connectivity index (χ1n) is 8.77. The zero-order valence-electron chi connectivity index (χ0n) is 16.4. The standard InChI is InChI=1S/C20H25N3O4S/c1-13-8-14(2)10-17(9-13)20(25)21-12-19(24)22-15(3)16-6-5-7-18(11-16)23-28(4,26)27/h5-11,15,23H,12H2,1-4H3,(H,21,25)(H,22,24)/t15-/m0/s1. The third-order valence-corrected chi connectivity index (χ3v) is 4.57. The zero-order chi connectivity index (χ0) is 20.9. The third-order valence-electron chi connectivity index (χ3n) is 3.96. The largest absolute Gasteiger partial charge is 0.348 e. The summed E-state index contributed by atoms with van der Waals surface area (Å²) < 4.78 is 25.1. The van der Waals surface area contributed by atoms with Gasteiger partial charge in [-0.05, 0) is 50.6 Å². The van der Waals surface area contributed by atoms with Crippen LogP contribution in [0.1, 0.15) is 40.0 Å². The molecule has 0 saturated carbocycles. The highest BCUT2D eigenvalue weighted by molar-refractivity contribution is 7.92. The highest BCUT2D eigenvalue weighted by atomic mass is 32.2. The van der Waals surface area contributed by atoms with Crippen LogP contribution in [-0.4, -0.2) is 33.0 Å². The van der Waals surface area contributed by atoms with E-state index < -0.39 is 10.0 Å². The number of benzene rings is 2. The van der Waals surface area contributed by atoms with Gasteiger partial charge in [-0.2, -0.15) is 0 Å². The summed E-state index contributed by atoms with van der Waals surface area (Å²) in [7, 11) is -3.38. The van der Waals surface area contributed by atoms with E-state index in [1.54, 1.807) is 43.3 Å². The Morgan fingerprint density at radius 3 is 2.29 bits per heavy atom. The Kier molecular flexibility index (Phi) is 6.80. The Morgan fingerprint density at radius 1 is 1.04 bits per heavy atom. The van der Waals surface area contributed by atoms with E-state index in [-0.39, 0.29) is 24.4 Å². The summed E-state index contributed by atoms with van der Waals surface area (Å²) >= 11 is 0. The van der Waals surface area contributed by atoms with Crippen molar-refractivity contribution in [2.24, 2.45) is 0 Å². The predicted molar refractivity (Wildman–Crippen MR) is 110 cm³/mol. The molecule has 150 valence electrons. The Morgan fingerprint density at radius 2 is 1.68 bits per heavy atom. The molecule has 0 aliphatic heterocycles. The number of nitrogens with one attached hydrogen (secondary N) is 3. The van der Waals surface area contributed by atoms with Crippen LogP contribution >= 0.6 is 0 Å². The van der Waals surface area contributed by atoms with Gasteiger partial charge in [0.25, 0.3) is 5.91 Å². The van der Waals surface area contributed by atoms with Gasteiger partial charge < -0.3 is 10.6 Å². The SMILES string of the molecule is Cc1cc(C)cc(C(=O)NCC(=O)N[C@@H](C)c2cccc(NS(C)(=O)=O)c2)c1. The summed E-state index contributed by atoms with van der Waals surface area (Å²) in [6, 6.07) is 11.9. The van der Waals surface area contributed by atoms with E-state index in [0.717, 1.165) is 22.9 Å². The molecule has 0 aliphatic rings. The van der Waals surface area contributed by atoms with E-state index in [9.17, 15) is 18.0 Å². The van der Waals surface area contributed by atoms with Gasteiger partial charge in [0.15, 0.2) is 0 Å². The monoisotopic (exact) mass is 403 g/mol. The lowest BCUT2D eigenvalue weighted by molar-refractivity contribution is -0.120. The van der Waals surface area contributed by atoms with Gasteiger partial charge in [-0.3, -0.25) is 14.3 Å². The smallest absolute Gasteiger partial charge is 0.251 e. The summed E-state index contributed by atoms with van der Waals surface area (Å²) in [4.78, 5) is 24.4. The summed E-state index contributed by atoms with van der Waals surface area (Å²) in [5.74, 6) is -0.652. The van der Waals surface area contributed by atoms with Crippen LogP contribution in [-0.2, 0) is 14.8 Å². The summed E-state index contributed by atoms with van der Waals surface area (Å²) in [6.07, 6.45) is 1.07. The fourth-order valence-electron chi connectivity index (χ4n) is 2.83. The number of hydrogen-bond donors (Lipinski definition) is 3. The number of sulfonamides is 1. The number of hydrogen-bond acceptors (Lipinski definition) is 4. The predicted octanol–water partition coefficient (Wildman–Crippen LogP) is 2.28. The van der Waals surface area contributed by atoms with Crippen LogP contribution in [0.5, 0.6) is 0 Å². The van der Waals surface area contributed by atoms with E-state index >= 15 is 0 Å². The zero-order valence-corrected chi connectivity index (χ0v) is 17.2. The fourth-order valence-corrected chi connectivity index (χ4v) is 3.38. The van der Waals surface area contributed by atoms with Crippen molar-refractivity contribution in [3.8, 4) is 0 Å². The van der Waals surface area contributed by atoms with Crippen LogP contribution in [0.2, 0.25) is 0 Å². The number of anilines is 1. The van der Waals surface area contributed by atoms with Crippen molar-refractivity contribution in [2.45, 2.75) is 26.8 Å². The van der Waals surface area contributed by atoms with Gasteiger partial charge in [0.1, 0.15) is 0 Å². The second-order valence-corrected chi connectivity index (χ2v) is 8.60.